The second-order valence-electron chi connectivity index (χ2n) is 5.93. The third kappa shape index (κ3) is 5.25. The van der Waals surface area contributed by atoms with Crippen LogP contribution in [-0.4, -0.2) is 57.4 Å². The van der Waals surface area contributed by atoms with Crippen LogP contribution in [0.15, 0.2) is 34.3 Å². The molecule has 26 heavy (non-hydrogen) atoms. The predicted molar refractivity (Wildman–Crippen MR) is 95.4 cm³/mol. The molecule has 0 atom stereocenters. The van der Waals surface area contributed by atoms with Crippen molar-refractivity contribution in [3.8, 4) is 0 Å². The third-order valence-corrected chi connectivity index (χ3v) is 5.06. The van der Waals surface area contributed by atoms with Crippen LogP contribution in [0.3, 0.4) is 0 Å². The van der Waals surface area contributed by atoms with E-state index in [1.807, 2.05) is 6.07 Å². The van der Waals surface area contributed by atoms with E-state index >= 15 is 0 Å². The smallest absolute Gasteiger partial charge is 0.317 e. The first kappa shape index (κ1) is 18.3. The van der Waals surface area contributed by atoms with Crippen LogP contribution in [0.25, 0.3) is 0 Å². The zero-order chi connectivity index (χ0) is 18.2. The van der Waals surface area contributed by atoms with Gasteiger partial charge in [0.05, 0.1) is 12.8 Å². The highest BCUT2D eigenvalue weighted by molar-refractivity contribution is 7.99. The van der Waals surface area contributed by atoms with E-state index in [9.17, 15) is 9.59 Å². The standard InChI is InChI=1S/C16H22N6O3S/c23-14(18-10-13-2-1-8-25-13)12-3-6-22(7-4-12)16(24)17-5-9-26-15-19-11-20-21-15/h1-2,8,11-12H,3-7,9-10H2,(H,17,24)(H,18,23)(H,19,20,21). The summed E-state index contributed by atoms with van der Waals surface area (Å²) in [6.07, 6.45) is 4.38. The van der Waals surface area contributed by atoms with Crippen LogP contribution < -0.4 is 10.6 Å². The number of amides is 3. The summed E-state index contributed by atoms with van der Waals surface area (Å²) >= 11 is 1.50. The third-order valence-electron chi connectivity index (χ3n) is 4.18. The lowest BCUT2D eigenvalue weighted by Crippen LogP contribution is -2.47. The first-order valence-electron chi connectivity index (χ1n) is 8.53. The van der Waals surface area contributed by atoms with Crippen molar-refractivity contribution in [1.82, 2.24) is 30.7 Å². The maximum Gasteiger partial charge on any atom is 0.317 e. The number of piperidine rings is 1. The fraction of sp³-hybridized carbons (Fsp3) is 0.500. The van der Waals surface area contributed by atoms with Gasteiger partial charge in [0.1, 0.15) is 12.1 Å². The van der Waals surface area contributed by atoms with Gasteiger partial charge in [0.25, 0.3) is 0 Å². The van der Waals surface area contributed by atoms with Crippen molar-refractivity contribution >= 4 is 23.7 Å². The van der Waals surface area contributed by atoms with E-state index < -0.39 is 0 Å². The molecule has 9 nitrogen and oxygen atoms in total. The molecule has 0 bridgehead atoms. The highest BCUT2D eigenvalue weighted by atomic mass is 32.2. The lowest BCUT2D eigenvalue weighted by molar-refractivity contribution is -0.126. The number of rotatable bonds is 7. The van der Waals surface area contributed by atoms with Gasteiger partial charge in [-0.25, -0.2) is 9.78 Å². The van der Waals surface area contributed by atoms with Crippen molar-refractivity contribution in [2.24, 2.45) is 5.92 Å². The molecule has 0 radical (unpaired) electrons. The Labute approximate surface area is 155 Å². The summed E-state index contributed by atoms with van der Waals surface area (Å²) < 4.78 is 5.20. The quantitative estimate of drug-likeness (QED) is 0.493. The van der Waals surface area contributed by atoms with Gasteiger partial charge in [-0.05, 0) is 25.0 Å². The molecule has 3 rings (SSSR count). The van der Waals surface area contributed by atoms with Gasteiger partial charge in [0.2, 0.25) is 5.91 Å². The molecule has 140 valence electrons. The van der Waals surface area contributed by atoms with Gasteiger partial charge < -0.3 is 20.0 Å². The van der Waals surface area contributed by atoms with E-state index in [0.29, 0.717) is 44.8 Å². The molecule has 10 heteroatoms. The molecule has 0 spiro atoms. The van der Waals surface area contributed by atoms with Gasteiger partial charge in [-0.3, -0.25) is 9.89 Å². The Balaban J connectivity index is 1.31. The number of aromatic amines is 1. The Kier molecular flexibility index (Phi) is 6.53. The minimum atomic E-state index is -0.0855. The first-order chi connectivity index (χ1) is 12.7. The van der Waals surface area contributed by atoms with Gasteiger partial charge in [-0.1, -0.05) is 11.8 Å². The number of carbonyl (C=O) groups excluding carboxylic acids is 2. The van der Waals surface area contributed by atoms with Crippen LogP contribution in [0.2, 0.25) is 0 Å². The molecule has 3 heterocycles. The first-order valence-corrected chi connectivity index (χ1v) is 9.52. The van der Waals surface area contributed by atoms with Crippen molar-refractivity contribution in [2.75, 3.05) is 25.4 Å². The molecule has 0 aliphatic carbocycles. The molecule has 3 N–H and O–H groups in total. The zero-order valence-corrected chi connectivity index (χ0v) is 15.1. The molecule has 0 unspecified atom stereocenters. The summed E-state index contributed by atoms with van der Waals surface area (Å²) in [5.41, 5.74) is 0. The second-order valence-corrected chi connectivity index (χ2v) is 7.01. The van der Waals surface area contributed by atoms with Crippen molar-refractivity contribution in [3.05, 3.63) is 30.5 Å². The second kappa shape index (κ2) is 9.27. The number of likely N-dealkylation sites (tertiary alicyclic amines) is 1. The van der Waals surface area contributed by atoms with Crippen LogP contribution in [0.1, 0.15) is 18.6 Å². The average molecular weight is 378 g/mol. The zero-order valence-electron chi connectivity index (χ0n) is 14.3. The van der Waals surface area contributed by atoms with Crippen LogP contribution in [0.4, 0.5) is 4.79 Å². The molecule has 2 aromatic rings. The van der Waals surface area contributed by atoms with Gasteiger partial charge in [0.15, 0.2) is 5.16 Å². The molecule has 1 aliphatic rings. The average Bonchev–Trinajstić information content (AvgIpc) is 3.37. The predicted octanol–water partition coefficient (Wildman–Crippen LogP) is 1.23. The highest BCUT2D eigenvalue weighted by Crippen LogP contribution is 2.18. The Morgan fingerprint density at radius 3 is 2.88 bits per heavy atom. The fourth-order valence-corrected chi connectivity index (χ4v) is 3.39. The summed E-state index contributed by atoms with van der Waals surface area (Å²) in [6.45, 7) is 2.11. The van der Waals surface area contributed by atoms with Crippen molar-refractivity contribution in [3.63, 3.8) is 0 Å². The van der Waals surface area contributed by atoms with E-state index in [4.69, 9.17) is 4.42 Å². The summed E-state index contributed by atoms with van der Waals surface area (Å²) in [6, 6.07) is 3.54. The number of furan rings is 1. The van der Waals surface area contributed by atoms with Crippen LogP contribution in [0.5, 0.6) is 0 Å². The molecule has 1 saturated heterocycles. The van der Waals surface area contributed by atoms with Crippen molar-refractivity contribution in [2.45, 2.75) is 24.5 Å². The topological polar surface area (TPSA) is 116 Å². The molecular weight excluding hydrogens is 356 g/mol. The monoisotopic (exact) mass is 378 g/mol. The van der Waals surface area contributed by atoms with Crippen LogP contribution >= 0.6 is 11.8 Å². The number of hydrogen-bond donors (Lipinski definition) is 3. The fourth-order valence-electron chi connectivity index (χ4n) is 2.76. The number of hydrogen-bond acceptors (Lipinski definition) is 6. The summed E-state index contributed by atoms with van der Waals surface area (Å²) in [7, 11) is 0. The Morgan fingerprint density at radius 1 is 1.35 bits per heavy atom. The molecule has 1 fully saturated rings. The Bertz CT molecular complexity index is 683. The number of nitrogens with one attached hydrogen (secondary N) is 3. The highest BCUT2D eigenvalue weighted by Gasteiger charge is 2.27. The molecule has 2 aromatic heterocycles. The lowest BCUT2D eigenvalue weighted by atomic mass is 9.96. The largest absolute Gasteiger partial charge is 0.467 e. The molecule has 0 aromatic carbocycles. The number of H-pyrrole nitrogens is 1. The van der Waals surface area contributed by atoms with E-state index in [1.165, 1.54) is 18.1 Å². The number of carbonyl (C=O) groups is 2. The summed E-state index contributed by atoms with van der Waals surface area (Å²) in [5, 5.41) is 13.0. The normalized spacial score (nSPS) is 15.0. The molecule has 1 aliphatic heterocycles. The molecule has 3 amide bonds. The van der Waals surface area contributed by atoms with Crippen LogP contribution in [0, 0.1) is 5.92 Å². The van der Waals surface area contributed by atoms with Crippen LogP contribution in [-0.2, 0) is 11.3 Å². The van der Waals surface area contributed by atoms with E-state index in [-0.39, 0.29) is 17.9 Å². The summed E-state index contributed by atoms with van der Waals surface area (Å²) in [4.78, 5) is 30.1. The SMILES string of the molecule is O=C(NCc1ccco1)C1CCN(C(=O)NCCSc2ncn[nH]2)CC1. The number of urea groups is 1. The lowest BCUT2D eigenvalue weighted by Gasteiger charge is -2.31. The van der Waals surface area contributed by atoms with Gasteiger partial charge in [-0.15, -0.1) is 0 Å². The van der Waals surface area contributed by atoms with Gasteiger partial charge in [0, 0.05) is 31.3 Å². The number of aromatic nitrogens is 3. The van der Waals surface area contributed by atoms with Gasteiger partial charge >= 0.3 is 6.03 Å². The van der Waals surface area contributed by atoms with E-state index in [2.05, 4.69) is 25.8 Å². The minimum Gasteiger partial charge on any atom is -0.467 e. The molecule has 0 saturated carbocycles. The van der Waals surface area contributed by atoms with Gasteiger partial charge in [-0.2, -0.15) is 5.10 Å². The van der Waals surface area contributed by atoms with E-state index in [0.717, 1.165) is 10.9 Å². The van der Waals surface area contributed by atoms with Crippen molar-refractivity contribution in [1.29, 1.82) is 0 Å². The molecular formula is C16H22N6O3S. The minimum absolute atomic E-state index is 0.0184. The number of thioether (sulfide) groups is 1. The number of nitrogens with zero attached hydrogens (tertiary/aromatic N) is 3. The van der Waals surface area contributed by atoms with Crippen molar-refractivity contribution < 1.29 is 14.0 Å². The summed E-state index contributed by atoms with van der Waals surface area (Å²) in [5.74, 6) is 1.41. The van der Waals surface area contributed by atoms with E-state index in [1.54, 1.807) is 17.2 Å². The Morgan fingerprint density at radius 2 is 2.19 bits per heavy atom. The maximum absolute atomic E-state index is 12.2. The Hall–Kier alpha value is -2.49. The maximum atomic E-state index is 12.2.